The number of hydrogen-bond donors (Lipinski definition) is 1. The fourth-order valence-electron chi connectivity index (χ4n) is 2.35. The number of phenolic OH excluding ortho intramolecular Hbond substituents is 1. The fraction of sp³-hybridized carbons (Fsp3) is 0.0588. The molecule has 0 spiro atoms. The summed E-state index contributed by atoms with van der Waals surface area (Å²) in [6.45, 7) is 2.08. The van der Waals surface area contributed by atoms with Crippen molar-refractivity contribution in [2.45, 2.75) is 6.92 Å². The number of aromatic hydroxyl groups is 1. The highest BCUT2D eigenvalue weighted by atomic mass is 16.3. The molecule has 0 aliphatic heterocycles. The zero-order valence-electron chi connectivity index (χ0n) is 10.2. The van der Waals surface area contributed by atoms with Gasteiger partial charge in [-0.05, 0) is 41.0 Å². The fourth-order valence-corrected chi connectivity index (χ4v) is 2.35. The zero-order valence-corrected chi connectivity index (χ0v) is 10.2. The van der Waals surface area contributed by atoms with Gasteiger partial charge in [0.15, 0.2) is 0 Å². The van der Waals surface area contributed by atoms with Gasteiger partial charge in [0, 0.05) is 0 Å². The molecule has 0 aliphatic rings. The first kappa shape index (κ1) is 10.8. The average molecular weight is 234 g/mol. The molecule has 0 heterocycles. The maximum atomic E-state index is 9.84. The summed E-state index contributed by atoms with van der Waals surface area (Å²) in [6, 6.07) is 20.1. The van der Waals surface area contributed by atoms with Gasteiger partial charge in [-0.15, -0.1) is 0 Å². The summed E-state index contributed by atoms with van der Waals surface area (Å²) in [6.07, 6.45) is 0. The Morgan fingerprint density at radius 1 is 0.833 bits per heavy atom. The zero-order chi connectivity index (χ0) is 12.5. The highest BCUT2D eigenvalue weighted by Crippen LogP contribution is 2.32. The van der Waals surface area contributed by atoms with Crippen molar-refractivity contribution < 1.29 is 5.11 Å². The quantitative estimate of drug-likeness (QED) is 0.656. The third kappa shape index (κ3) is 1.84. The summed E-state index contributed by atoms with van der Waals surface area (Å²) >= 11 is 0. The van der Waals surface area contributed by atoms with Crippen LogP contribution in [-0.4, -0.2) is 5.11 Å². The molecule has 88 valence electrons. The Balaban J connectivity index is 2.34. The van der Waals surface area contributed by atoms with Gasteiger partial charge < -0.3 is 5.11 Å². The second-order valence-electron chi connectivity index (χ2n) is 4.58. The molecule has 18 heavy (non-hydrogen) atoms. The smallest absolute Gasteiger partial charge is 0.116 e. The Hall–Kier alpha value is -2.28. The van der Waals surface area contributed by atoms with Crippen molar-refractivity contribution in [2.75, 3.05) is 0 Å². The van der Waals surface area contributed by atoms with Gasteiger partial charge in [0.25, 0.3) is 0 Å². The van der Waals surface area contributed by atoms with E-state index in [4.69, 9.17) is 0 Å². The van der Waals surface area contributed by atoms with E-state index in [2.05, 4.69) is 31.2 Å². The molecule has 3 rings (SSSR count). The molecule has 3 aromatic carbocycles. The molecule has 3 aromatic rings. The monoisotopic (exact) mass is 234 g/mol. The van der Waals surface area contributed by atoms with E-state index in [0.29, 0.717) is 5.75 Å². The molecule has 1 nitrogen and oxygen atoms in total. The number of fused-ring (bicyclic) bond motifs is 1. The van der Waals surface area contributed by atoms with Crippen LogP contribution in [0.2, 0.25) is 0 Å². The Morgan fingerprint density at radius 2 is 1.67 bits per heavy atom. The minimum atomic E-state index is 0.310. The van der Waals surface area contributed by atoms with E-state index in [-0.39, 0.29) is 0 Å². The van der Waals surface area contributed by atoms with Gasteiger partial charge >= 0.3 is 0 Å². The molecule has 0 aliphatic carbocycles. The predicted octanol–water partition coefficient (Wildman–Crippen LogP) is 4.52. The maximum Gasteiger partial charge on any atom is 0.116 e. The third-order valence-electron chi connectivity index (χ3n) is 3.18. The molecule has 0 amide bonds. The topological polar surface area (TPSA) is 20.2 Å². The van der Waals surface area contributed by atoms with E-state index in [1.54, 1.807) is 6.07 Å². The molecule has 0 saturated heterocycles. The van der Waals surface area contributed by atoms with E-state index in [0.717, 1.165) is 16.5 Å². The Labute approximate surface area is 106 Å². The van der Waals surface area contributed by atoms with Gasteiger partial charge in [-0.3, -0.25) is 0 Å². The third-order valence-corrected chi connectivity index (χ3v) is 3.18. The van der Waals surface area contributed by atoms with Crippen LogP contribution in [-0.2, 0) is 0 Å². The summed E-state index contributed by atoms with van der Waals surface area (Å²) in [5, 5.41) is 12.1. The van der Waals surface area contributed by atoms with Crippen molar-refractivity contribution >= 4 is 10.8 Å². The highest BCUT2D eigenvalue weighted by Gasteiger charge is 2.05. The molecule has 0 bridgehead atoms. The van der Waals surface area contributed by atoms with Gasteiger partial charge in [0.1, 0.15) is 5.75 Å². The molecular formula is C17H14O. The number of hydrogen-bond acceptors (Lipinski definition) is 1. The van der Waals surface area contributed by atoms with Crippen molar-refractivity contribution in [3.05, 3.63) is 66.2 Å². The average Bonchev–Trinajstić information content (AvgIpc) is 2.37. The highest BCUT2D eigenvalue weighted by molar-refractivity contribution is 5.97. The normalized spacial score (nSPS) is 10.7. The lowest BCUT2D eigenvalue weighted by molar-refractivity contribution is 0.476. The van der Waals surface area contributed by atoms with Gasteiger partial charge in [-0.2, -0.15) is 0 Å². The summed E-state index contributed by atoms with van der Waals surface area (Å²) in [4.78, 5) is 0. The summed E-state index contributed by atoms with van der Waals surface area (Å²) in [5.74, 6) is 0.310. The lowest BCUT2D eigenvalue weighted by Crippen LogP contribution is -1.83. The molecule has 1 N–H and O–H groups in total. The van der Waals surface area contributed by atoms with Crippen LogP contribution in [0.3, 0.4) is 0 Å². The molecule has 1 heteroatoms. The van der Waals surface area contributed by atoms with E-state index in [9.17, 15) is 5.11 Å². The van der Waals surface area contributed by atoms with E-state index in [1.807, 2.05) is 30.3 Å². The largest absolute Gasteiger partial charge is 0.508 e. The molecular weight excluding hydrogens is 220 g/mol. The van der Waals surface area contributed by atoms with Crippen molar-refractivity contribution in [3.8, 4) is 16.9 Å². The second-order valence-corrected chi connectivity index (χ2v) is 4.58. The lowest BCUT2D eigenvalue weighted by Gasteiger charge is -2.08. The van der Waals surface area contributed by atoms with Gasteiger partial charge in [-0.25, -0.2) is 0 Å². The van der Waals surface area contributed by atoms with Gasteiger partial charge in [0.05, 0.1) is 0 Å². The summed E-state index contributed by atoms with van der Waals surface area (Å²) < 4.78 is 0. The maximum absolute atomic E-state index is 9.84. The molecule has 0 atom stereocenters. The van der Waals surface area contributed by atoms with E-state index >= 15 is 0 Å². The molecule has 0 aromatic heterocycles. The van der Waals surface area contributed by atoms with Crippen LogP contribution in [0, 0.1) is 6.92 Å². The van der Waals surface area contributed by atoms with Crippen molar-refractivity contribution in [1.29, 1.82) is 0 Å². The Morgan fingerprint density at radius 3 is 2.50 bits per heavy atom. The Kier molecular flexibility index (Phi) is 2.52. The molecule has 0 unspecified atom stereocenters. The van der Waals surface area contributed by atoms with Crippen LogP contribution in [0.4, 0.5) is 0 Å². The molecule has 0 radical (unpaired) electrons. The number of rotatable bonds is 1. The second kappa shape index (κ2) is 4.19. The van der Waals surface area contributed by atoms with Crippen molar-refractivity contribution in [3.63, 3.8) is 0 Å². The van der Waals surface area contributed by atoms with Crippen LogP contribution >= 0.6 is 0 Å². The molecule has 0 fully saturated rings. The van der Waals surface area contributed by atoms with Crippen LogP contribution < -0.4 is 0 Å². The summed E-state index contributed by atoms with van der Waals surface area (Å²) in [5.41, 5.74) is 3.44. The first-order chi connectivity index (χ1) is 8.74. The van der Waals surface area contributed by atoms with Gasteiger partial charge in [-0.1, -0.05) is 54.1 Å². The first-order valence-electron chi connectivity index (χ1n) is 6.03. The standard InChI is InChI=1S/C17H14O/c1-12-5-4-7-13(9-12)17-11-15(18)10-14-6-2-3-8-16(14)17/h2-11,18H,1H3. The molecule has 0 saturated carbocycles. The number of benzene rings is 3. The first-order valence-corrected chi connectivity index (χ1v) is 6.03. The van der Waals surface area contributed by atoms with E-state index in [1.165, 1.54) is 10.9 Å². The lowest BCUT2D eigenvalue weighted by atomic mass is 9.97. The number of aryl methyl sites for hydroxylation is 1. The van der Waals surface area contributed by atoms with Crippen molar-refractivity contribution in [1.82, 2.24) is 0 Å². The predicted molar refractivity (Wildman–Crippen MR) is 75.8 cm³/mol. The SMILES string of the molecule is Cc1cccc(-c2cc(O)cc3ccccc23)c1. The number of phenols is 1. The minimum absolute atomic E-state index is 0.310. The van der Waals surface area contributed by atoms with Crippen molar-refractivity contribution in [2.24, 2.45) is 0 Å². The van der Waals surface area contributed by atoms with Gasteiger partial charge in [0.2, 0.25) is 0 Å². The summed E-state index contributed by atoms with van der Waals surface area (Å²) in [7, 11) is 0. The van der Waals surface area contributed by atoms with Crippen LogP contribution in [0.15, 0.2) is 60.7 Å². The van der Waals surface area contributed by atoms with E-state index < -0.39 is 0 Å². The Bertz CT molecular complexity index is 714. The minimum Gasteiger partial charge on any atom is -0.508 e. The van der Waals surface area contributed by atoms with Crippen LogP contribution in [0.1, 0.15) is 5.56 Å². The van der Waals surface area contributed by atoms with Crippen LogP contribution in [0.25, 0.3) is 21.9 Å². The van der Waals surface area contributed by atoms with Crippen LogP contribution in [0.5, 0.6) is 5.75 Å².